The predicted octanol–water partition coefficient (Wildman–Crippen LogP) is 4.85. The van der Waals surface area contributed by atoms with E-state index < -0.39 is 0 Å². The summed E-state index contributed by atoms with van der Waals surface area (Å²) in [5.41, 5.74) is 0. The zero-order valence-corrected chi connectivity index (χ0v) is 18.5. The summed E-state index contributed by atoms with van der Waals surface area (Å²) in [5.74, 6) is 0. The van der Waals surface area contributed by atoms with Crippen LogP contribution in [0.25, 0.3) is 21.5 Å². The molecule has 0 saturated heterocycles. The van der Waals surface area contributed by atoms with Gasteiger partial charge in [0.05, 0.1) is 0 Å². The van der Waals surface area contributed by atoms with E-state index in [9.17, 15) is 0 Å². The summed E-state index contributed by atoms with van der Waals surface area (Å²) >= 11 is 1.81. The van der Waals surface area contributed by atoms with Crippen molar-refractivity contribution in [1.82, 2.24) is 0 Å². The van der Waals surface area contributed by atoms with Gasteiger partial charge in [0.25, 0.3) is 0 Å². The maximum atomic E-state index is 7.00. The van der Waals surface area contributed by atoms with E-state index in [4.69, 9.17) is 10.2 Å². The Bertz CT molecular complexity index is 651. The van der Waals surface area contributed by atoms with Crippen LogP contribution >= 0.6 is 0 Å². The molecule has 0 fully saturated rings. The fourth-order valence-corrected chi connectivity index (χ4v) is 2.14. The molecule has 0 saturated carbocycles. The number of hydrogen-bond donors (Lipinski definition) is 2. The molecule has 0 aliphatic carbocycles. The van der Waals surface area contributed by atoms with Gasteiger partial charge in [0.15, 0.2) is 0 Å². The molecule has 0 aliphatic rings. The molecule has 0 unspecified atom stereocenters. The molecule has 2 N–H and O–H groups in total. The molecule has 0 spiro atoms. The molecule has 4 rings (SSSR count). The van der Waals surface area contributed by atoms with Gasteiger partial charge in [-0.1, -0.05) is 12.1 Å². The molecule has 2 radical (unpaired) electrons. The van der Waals surface area contributed by atoms with Crippen LogP contribution in [0.4, 0.5) is 0 Å². The SMILES string of the molecule is CO.CO.[CH3-].[CH3-].[Si]=[Ti].c1ccc2[cH-]ccc2c1.c1ccc2[cH-]ccc2c1. The molecular formula is C22H28O2SiTi-4. The van der Waals surface area contributed by atoms with Crippen molar-refractivity contribution in [3.8, 4) is 0 Å². The first-order chi connectivity index (χ1) is 11.9. The quantitative estimate of drug-likeness (QED) is 0.327. The summed E-state index contributed by atoms with van der Waals surface area (Å²) in [4.78, 5) is 0. The zero-order chi connectivity index (χ0) is 18.2. The average molecular weight is 400 g/mol. The van der Waals surface area contributed by atoms with E-state index in [-0.39, 0.29) is 14.9 Å². The van der Waals surface area contributed by atoms with Crippen LogP contribution in [0.3, 0.4) is 0 Å². The minimum absolute atomic E-state index is 0. The minimum atomic E-state index is 0. The van der Waals surface area contributed by atoms with Gasteiger partial charge >= 0.3 is 26.8 Å². The Hall–Kier alpha value is -1.49. The van der Waals surface area contributed by atoms with Crippen molar-refractivity contribution in [2.75, 3.05) is 14.2 Å². The monoisotopic (exact) mass is 400 g/mol. The number of aliphatic hydroxyl groups is 2. The van der Waals surface area contributed by atoms with Crippen molar-refractivity contribution in [3.05, 3.63) is 99.8 Å². The van der Waals surface area contributed by atoms with Crippen LogP contribution < -0.4 is 0 Å². The third kappa shape index (κ3) is 9.86. The van der Waals surface area contributed by atoms with E-state index >= 15 is 0 Å². The second-order valence-electron chi connectivity index (χ2n) is 4.31. The Kier molecular flexibility index (Phi) is 22.3. The van der Waals surface area contributed by atoms with Gasteiger partial charge in [-0.25, -0.2) is 0 Å². The molecule has 0 heterocycles. The van der Waals surface area contributed by atoms with Crippen molar-refractivity contribution in [2.24, 2.45) is 0 Å². The van der Waals surface area contributed by atoms with E-state index in [2.05, 4.69) is 92.6 Å². The molecule has 4 aromatic rings. The fraction of sp³-hybridized carbons (Fsp3) is 0.0909. The summed E-state index contributed by atoms with van der Waals surface area (Å²) in [7, 11) is 4.97. The topological polar surface area (TPSA) is 40.5 Å². The van der Waals surface area contributed by atoms with E-state index in [1.807, 2.05) is 0 Å². The van der Waals surface area contributed by atoms with E-state index in [1.54, 1.807) is 19.2 Å². The number of rotatable bonds is 0. The first kappa shape index (κ1) is 29.3. The molecule has 0 aliphatic heterocycles. The molecule has 0 atom stereocenters. The Morgan fingerprint density at radius 3 is 1.23 bits per heavy atom. The summed E-state index contributed by atoms with van der Waals surface area (Å²) in [6.07, 6.45) is 0. The normalized spacial score (nSPS) is 7.65. The molecule has 0 amide bonds. The van der Waals surface area contributed by atoms with Crippen molar-refractivity contribution in [2.45, 2.75) is 0 Å². The van der Waals surface area contributed by atoms with Crippen LogP contribution in [-0.2, 0) is 19.2 Å². The molecular weight excluding hydrogens is 372 g/mol. The Labute approximate surface area is 172 Å². The Morgan fingerprint density at radius 1 is 0.615 bits per heavy atom. The second-order valence-corrected chi connectivity index (χ2v) is 4.31. The van der Waals surface area contributed by atoms with Crippen molar-refractivity contribution in [3.63, 3.8) is 0 Å². The van der Waals surface area contributed by atoms with Gasteiger partial charge in [0, 0.05) is 14.2 Å². The molecule has 26 heavy (non-hydrogen) atoms. The van der Waals surface area contributed by atoms with E-state index in [1.165, 1.54) is 21.5 Å². The molecule has 2 nitrogen and oxygen atoms in total. The summed E-state index contributed by atoms with van der Waals surface area (Å²) in [5, 5.41) is 19.3. The van der Waals surface area contributed by atoms with Crippen molar-refractivity contribution < 1.29 is 29.4 Å². The van der Waals surface area contributed by atoms with Crippen molar-refractivity contribution >= 4 is 29.2 Å². The summed E-state index contributed by atoms with van der Waals surface area (Å²) < 4.78 is 0. The first-order valence-electron chi connectivity index (χ1n) is 7.29. The molecule has 0 aromatic heterocycles. The van der Waals surface area contributed by atoms with Crippen molar-refractivity contribution in [1.29, 1.82) is 0 Å². The third-order valence-corrected chi connectivity index (χ3v) is 3.10. The van der Waals surface area contributed by atoms with Crippen LogP contribution in [0.15, 0.2) is 84.9 Å². The van der Waals surface area contributed by atoms with Gasteiger partial charge in [-0.05, 0) is 0 Å². The van der Waals surface area contributed by atoms with Gasteiger partial charge in [-0.15, -0.1) is 59.3 Å². The first-order valence-corrected chi connectivity index (χ1v) is 10.1. The average Bonchev–Trinajstić information content (AvgIpc) is 3.36. The number of fused-ring (bicyclic) bond motifs is 2. The van der Waals surface area contributed by atoms with E-state index in [0.29, 0.717) is 0 Å². The molecule has 4 aromatic carbocycles. The zero-order valence-electron chi connectivity index (χ0n) is 16.0. The number of benzene rings is 2. The van der Waals surface area contributed by atoms with Crippen LogP contribution in [0.2, 0.25) is 0 Å². The Morgan fingerprint density at radius 2 is 0.923 bits per heavy atom. The third-order valence-electron chi connectivity index (χ3n) is 3.10. The van der Waals surface area contributed by atoms with Crippen LogP contribution in [-0.4, -0.2) is 32.1 Å². The molecule has 0 bridgehead atoms. The van der Waals surface area contributed by atoms with Crippen LogP contribution in [0, 0.1) is 14.9 Å². The van der Waals surface area contributed by atoms with Gasteiger partial charge in [0.2, 0.25) is 0 Å². The summed E-state index contributed by atoms with van der Waals surface area (Å²) in [6, 6.07) is 29.3. The number of hydrogen-bond acceptors (Lipinski definition) is 2. The Balaban J connectivity index is -0.000000299. The van der Waals surface area contributed by atoms with Crippen LogP contribution in [0.5, 0.6) is 0 Å². The predicted molar refractivity (Wildman–Crippen MR) is 114 cm³/mol. The van der Waals surface area contributed by atoms with Gasteiger partial charge in [-0.3, -0.25) is 0 Å². The summed E-state index contributed by atoms with van der Waals surface area (Å²) in [6.45, 7) is 0. The fourth-order valence-electron chi connectivity index (χ4n) is 2.14. The smallest absolute Gasteiger partial charge is 0.0809 e. The largest absolute Gasteiger partial charge is 0.168 e. The van der Waals surface area contributed by atoms with Gasteiger partial charge in [0.1, 0.15) is 0 Å². The number of aliphatic hydroxyl groups excluding tert-OH is 2. The minimum Gasteiger partial charge on any atom is -0.168 e. The standard InChI is InChI=1S/2C9H7.2CH4O.2CH3.Si.Ti/c2*1-2-5-9-7-3-6-8(9)4-1;2*1-2;;;;/h2*1-7H;2*2H,1H3;2*1H3;;/q2*-1;;;2*-1;;. The van der Waals surface area contributed by atoms with E-state index in [0.717, 1.165) is 14.2 Å². The maximum absolute atomic E-state index is 7.00. The second kappa shape index (κ2) is 19.8. The molecule has 4 heteroatoms. The maximum Gasteiger partial charge on any atom is -0.0809 e. The van der Waals surface area contributed by atoms with Gasteiger partial charge in [-0.2, -0.15) is 35.0 Å². The van der Waals surface area contributed by atoms with Gasteiger partial charge < -0.3 is 25.1 Å². The van der Waals surface area contributed by atoms with Crippen LogP contribution in [0.1, 0.15) is 0 Å². The molecule has 140 valence electrons.